The summed E-state index contributed by atoms with van der Waals surface area (Å²) in [6, 6.07) is 10.7. The zero-order chi connectivity index (χ0) is 19.8. The quantitative estimate of drug-likeness (QED) is 0.657. The molecular weight excluding hydrogens is 388 g/mol. The van der Waals surface area contributed by atoms with Gasteiger partial charge in [0.05, 0.1) is 16.8 Å². The van der Waals surface area contributed by atoms with Crippen LogP contribution in [0.25, 0.3) is 22.4 Å². The molecule has 3 aromatic rings. The van der Waals surface area contributed by atoms with Crippen molar-refractivity contribution in [3.8, 4) is 17.3 Å². The van der Waals surface area contributed by atoms with Gasteiger partial charge < -0.3 is 14.7 Å². The van der Waals surface area contributed by atoms with E-state index >= 15 is 0 Å². The molecule has 2 fully saturated rings. The van der Waals surface area contributed by atoms with Crippen molar-refractivity contribution in [2.24, 2.45) is 0 Å². The van der Waals surface area contributed by atoms with Gasteiger partial charge in [0.1, 0.15) is 11.6 Å². The molecule has 0 amide bonds. The van der Waals surface area contributed by atoms with Crippen molar-refractivity contribution in [3.05, 3.63) is 35.4 Å². The highest BCUT2D eigenvalue weighted by atomic mass is 35.5. The SMILES string of the molecule is O[C@H]1CC[C@H](Oc2nc3cc(Cl)c(-c4ccc(N5CCCC5)cc4)nc3[nH]2)CC1. The Morgan fingerprint density at radius 2 is 1.76 bits per heavy atom. The summed E-state index contributed by atoms with van der Waals surface area (Å²) in [4.78, 5) is 14.8. The Balaban J connectivity index is 1.37. The summed E-state index contributed by atoms with van der Waals surface area (Å²) in [5, 5.41) is 10.2. The Hall–Kier alpha value is -2.31. The van der Waals surface area contributed by atoms with Crippen LogP contribution in [0.15, 0.2) is 30.3 Å². The number of aromatic nitrogens is 3. The predicted molar refractivity (Wildman–Crippen MR) is 115 cm³/mol. The molecule has 0 atom stereocenters. The largest absolute Gasteiger partial charge is 0.461 e. The second kappa shape index (κ2) is 7.84. The van der Waals surface area contributed by atoms with Crippen molar-refractivity contribution in [2.45, 2.75) is 50.7 Å². The highest BCUT2D eigenvalue weighted by molar-refractivity contribution is 6.33. The number of pyridine rings is 1. The first kappa shape index (κ1) is 18.7. The maximum atomic E-state index is 9.65. The molecule has 0 spiro atoms. The number of halogens is 1. The number of rotatable bonds is 4. The van der Waals surface area contributed by atoms with E-state index in [0.717, 1.165) is 50.0 Å². The lowest BCUT2D eigenvalue weighted by Gasteiger charge is -2.24. The lowest BCUT2D eigenvalue weighted by Crippen LogP contribution is -2.26. The lowest BCUT2D eigenvalue weighted by molar-refractivity contribution is 0.0625. The summed E-state index contributed by atoms with van der Waals surface area (Å²) in [6.07, 6.45) is 5.60. The molecule has 152 valence electrons. The number of imidazole rings is 1. The van der Waals surface area contributed by atoms with Gasteiger partial charge in [0.2, 0.25) is 0 Å². The van der Waals surface area contributed by atoms with Gasteiger partial charge in [0.15, 0.2) is 5.65 Å². The van der Waals surface area contributed by atoms with Gasteiger partial charge >= 0.3 is 0 Å². The van der Waals surface area contributed by atoms with Crippen molar-refractivity contribution < 1.29 is 9.84 Å². The van der Waals surface area contributed by atoms with Crippen molar-refractivity contribution in [1.82, 2.24) is 15.0 Å². The van der Waals surface area contributed by atoms with Gasteiger partial charge in [-0.25, -0.2) is 4.98 Å². The number of H-pyrrole nitrogens is 1. The van der Waals surface area contributed by atoms with Crippen LogP contribution < -0.4 is 9.64 Å². The van der Waals surface area contributed by atoms with E-state index in [0.29, 0.717) is 22.2 Å². The highest BCUT2D eigenvalue weighted by Crippen LogP contribution is 2.32. The summed E-state index contributed by atoms with van der Waals surface area (Å²) in [6.45, 7) is 2.25. The molecule has 6 nitrogen and oxygen atoms in total. The number of hydrogen-bond acceptors (Lipinski definition) is 5. The molecule has 29 heavy (non-hydrogen) atoms. The molecule has 2 aromatic heterocycles. The zero-order valence-corrected chi connectivity index (χ0v) is 17.0. The number of aliphatic hydroxyl groups is 1. The number of hydrogen-bond donors (Lipinski definition) is 2. The van der Waals surface area contributed by atoms with Gasteiger partial charge in [0, 0.05) is 24.3 Å². The molecule has 2 aliphatic rings. The van der Waals surface area contributed by atoms with Crippen molar-refractivity contribution in [1.29, 1.82) is 0 Å². The number of nitrogens with one attached hydrogen (secondary N) is 1. The minimum atomic E-state index is -0.203. The van der Waals surface area contributed by atoms with Crippen LogP contribution in [0, 0.1) is 0 Å². The number of aromatic amines is 1. The van der Waals surface area contributed by atoms with Gasteiger partial charge in [-0.1, -0.05) is 23.7 Å². The van der Waals surface area contributed by atoms with Crippen LogP contribution in [-0.2, 0) is 0 Å². The molecule has 1 saturated heterocycles. The average Bonchev–Trinajstić information content (AvgIpc) is 3.39. The molecule has 5 rings (SSSR count). The molecule has 1 aromatic carbocycles. The number of anilines is 1. The maximum absolute atomic E-state index is 9.65. The Morgan fingerprint density at radius 3 is 2.48 bits per heavy atom. The van der Waals surface area contributed by atoms with Crippen LogP contribution in [0.4, 0.5) is 5.69 Å². The fourth-order valence-electron chi connectivity index (χ4n) is 4.28. The normalized spacial score (nSPS) is 22.3. The zero-order valence-electron chi connectivity index (χ0n) is 16.3. The fraction of sp³-hybridized carbons (Fsp3) is 0.455. The van der Waals surface area contributed by atoms with Crippen LogP contribution in [-0.4, -0.2) is 45.4 Å². The molecule has 2 N–H and O–H groups in total. The van der Waals surface area contributed by atoms with Crippen molar-refractivity contribution in [3.63, 3.8) is 0 Å². The minimum absolute atomic E-state index is 0.0760. The van der Waals surface area contributed by atoms with E-state index in [1.165, 1.54) is 18.5 Å². The second-order valence-electron chi connectivity index (χ2n) is 8.02. The standard InChI is InChI=1S/C22H25ClN4O2/c23-18-13-19-21(26-22(24-19)29-17-9-7-16(28)8-10-17)25-20(18)14-3-5-15(6-4-14)27-11-1-2-12-27/h3-6,13,16-17,28H,1-2,7-12H2,(H,24,25,26)/t16-,17-. The Bertz CT molecular complexity index is 990. The van der Waals surface area contributed by atoms with Gasteiger partial charge in [-0.2, -0.15) is 4.98 Å². The second-order valence-corrected chi connectivity index (χ2v) is 8.43. The molecule has 3 heterocycles. The van der Waals surface area contributed by atoms with Gasteiger partial charge in [0.25, 0.3) is 6.01 Å². The van der Waals surface area contributed by atoms with Gasteiger partial charge in [-0.15, -0.1) is 0 Å². The summed E-state index contributed by atoms with van der Waals surface area (Å²) < 4.78 is 5.98. The third-order valence-corrected chi connectivity index (χ3v) is 6.23. The van der Waals surface area contributed by atoms with E-state index in [1.807, 2.05) is 6.07 Å². The third kappa shape index (κ3) is 3.91. The maximum Gasteiger partial charge on any atom is 0.296 e. The third-order valence-electron chi connectivity index (χ3n) is 5.94. The van der Waals surface area contributed by atoms with E-state index in [-0.39, 0.29) is 12.2 Å². The topological polar surface area (TPSA) is 74.3 Å². The first-order valence-corrected chi connectivity index (χ1v) is 10.8. The van der Waals surface area contributed by atoms with E-state index in [9.17, 15) is 5.11 Å². The first-order chi connectivity index (χ1) is 14.2. The van der Waals surface area contributed by atoms with Gasteiger partial charge in [-0.3, -0.25) is 4.98 Å². The molecule has 1 aliphatic heterocycles. The first-order valence-electron chi connectivity index (χ1n) is 10.4. The fourth-order valence-corrected chi connectivity index (χ4v) is 4.53. The predicted octanol–water partition coefficient (Wildman–Crippen LogP) is 4.56. The van der Waals surface area contributed by atoms with Crippen LogP contribution in [0.1, 0.15) is 38.5 Å². The molecule has 0 bridgehead atoms. The Kier molecular flexibility index (Phi) is 5.06. The number of benzene rings is 1. The number of nitrogens with zero attached hydrogens (tertiary/aromatic N) is 3. The molecular formula is C22H25ClN4O2. The van der Waals surface area contributed by atoms with E-state index in [4.69, 9.17) is 21.3 Å². The summed E-state index contributed by atoms with van der Waals surface area (Å²) in [7, 11) is 0. The Morgan fingerprint density at radius 1 is 1.03 bits per heavy atom. The molecule has 7 heteroatoms. The van der Waals surface area contributed by atoms with Crippen molar-refractivity contribution >= 4 is 28.5 Å². The number of fused-ring (bicyclic) bond motifs is 1. The van der Waals surface area contributed by atoms with Crippen LogP contribution in [0.2, 0.25) is 5.02 Å². The Labute approximate surface area is 174 Å². The van der Waals surface area contributed by atoms with Crippen LogP contribution in [0.5, 0.6) is 6.01 Å². The van der Waals surface area contributed by atoms with E-state index in [1.54, 1.807) is 0 Å². The highest BCUT2D eigenvalue weighted by Gasteiger charge is 2.22. The van der Waals surface area contributed by atoms with Crippen molar-refractivity contribution in [2.75, 3.05) is 18.0 Å². The average molecular weight is 413 g/mol. The number of ether oxygens (including phenoxy) is 1. The van der Waals surface area contributed by atoms with E-state index in [2.05, 4.69) is 39.1 Å². The lowest BCUT2D eigenvalue weighted by atomic mass is 9.95. The van der Waals surface area contributed by atoms with Crippen LogP contribution >= 0.6 is 11.6 Å². The summed E-state index contributed by atoms with van der Waals surface area (Å²) in [5.74, 6) is 0. The van der Waals surface area contributed by atoms with Gasteiger partial charge in [-0.05, 0) is 56.7 Å². The molecule has 0 radical (unpaired) electrons. The summed E-state index contributed by atoms with van der Waals surface area (Å²) in [5.41, 5.74) is 4.33. The molecule has 1 saturated carbocycles. The molecule has 1 aliphatic carbocycles. The smallest absolute Gasteiger partial charge is 0.296 e. The van der Waals surface area contributed by atoms with Crippen LogP contribution in [0.3, 0.4) is 0 Å². The monoisotopic (exact) mass is 412 g/mol. The van der Waals surface area contributed by atoms with E-state index < -0.39 is 0 Å². The minimum Gasteiger partial charge on any atom is -0.461 e. The molecule has 0 unspecified atom stereocenters. The summed E-state index contributed by atoms with van der Waals surface area (Å²) >= 11 is 6.53. The number of aliphatic hydroxyl groups excluding tert-OH is 1.